The van der Waals surface area contributed by atoms with E-state index in [2.05, 4.69) is 22.6 Å². The van der Waals surface area contributed by atoms with E-state index in [0.717, 1.165) is 31.4 Å². The third kappa shape index (κ3) is 17.8. The quantitative estimate of drug-likeness (QED) is 0.115. The van der Waals surface area contributed by atoms with E-state index in [4.69, 9.17) is 63.2 Å². The Hall–Kier alpha value is -12.6. The highest BCUT2D eigenvalue weighted by atomic mass is 127. The van der Waals surface area contributed by atoms with E-state index < -0.39 is 0 Å². The number of benzene rings is 12. The molecule has 0 amide bonds. The van der Waals surface area contributed by atoms with Gasteiger partial charge in [0.15, 0.2) is 34.6 Å². The average Bonchev–Trinajstić information content (AvgIpc) is 1.70. The van der Waals surface area contributed by atoms with Crippen LogP contribution in [0.5, 0.6) is 34.5 Å². The van der Waals surface area contributed by atoms with Crippen molar-refractivity contribution < 1.29 is 66.0 Å². The van der Waals surface area contributed by atoms with Crippen LogP contribution in [-0.4, -0.2) is 34.7 Å². The predicted octanol–water partition coefficient (Wildman–Crippen LogP) is 22.7. The Bertz CT molecular complexity index is 5390. The molecule has 0 N–H and O–H groups in total. The predicted molar refractivity (Wildman–Crippen MR) is 423 cm³/mol. The van der Waals surface area contributed by atoms with Crippen LogP contribution in [-0.2, 0) is 0 Å². The second kappa shape index (κ2) is 34.1. The van der Waals surface area contributed by atoms with Crippen LogP contribution in [0.2, 0.25) is 15.1 Å². The minimum Gasteiger partial charge on any atom is -0.452 e. The van der Waals surface area contributed by atoms with E-state index in [-0.39, 0.29) is 57.9 Å². The van der Waals surface area contributed by atoms with E-state index >= 15 is 0 Å². The highest BCUT2D eigenvalue weighted by molar-refractivity contribution is 14.1. The lowest BCUT2D eigenvalue weighted by atomic mass is 10.1. The minimum absolute atomic E-state index is 0.0507. The molecule has 6 aliphatic heterocycles. The van der Waals surface area contributed by atoms with Crippen molar-refractivity contribution in [1.82, 2.24) is 0 Å². The molecule has 12 aromatic carbocycles. The number of hydrogen-bond acceptors (Lipinski definition) is 12. The molecular weight excluding hydrogens is 1540 g/mol. The van der Waals surface area contributed by atoms with E-state index in [1.165, 1.54) is 24.3 Å². The summed E-state index contributed by atoms with van der Waals surface area (Å²) in [6.45, 7) is 0. The molecule has 0 bridgehead atoms. The highest BCUT2D eigenvalue weighted by Crippen LogP contribution is 2.38. The van der Waals surface area contributed by atoms with E-state index in [9.17, 15) is 37.5 Å². The average molecular weight is 1600 g/mol. The summed E-state index contributed by atoms with van der Waals surface area (Å²) in [7, 11) is 0. The maximum Gasteiger partial charge on any atom is 0.231 e. The number of allylic oxidation sites excluding steroid dienone is 6. The van der Waals surface area contributed by atoms with Gasteiger partial charge in [-0.15, -0.1) is 0 Å². The highest BCUT2D eigenvalue weighted by Gasteiger charge is 2.32. The Morgan fingerprint density at radius 1 is 0.250 bits per heavy atom. The fourth-order valence-corrected chi connectivity index (χ4v) is 12.3. The molecule has 6 heterocycles. The lowest BCUT2D eigenvalue weighted by Gasteiger charge is -2.00. The van der Waals surface area contributed by atoms with Gasteiger partial charge >= 0.3 is 0 Å². The molecule has 0 aliphatic carbocycles. The lowest BCUT2D eigenvalue weighted by Crippen LogP contribution is -1.98. The smallest absolute Gasteiger partial charge is 0.231 e. The summed E-state index contributed by atoms with van der Waals surface area (Å²) in [6.07, 6.45) is 10.1. The van der Waals surface area contributed by atoms with E-state index in [0.29, 0.717) is 112 Å². The van der Waals surface area contributed by atoms with Crippen LogP contribution in [0, 0.1) is 15.2 Å². The normalized spacial score (nSPS) is 15.6. The molecule has 18 heteroatoms. The molecule has 0 atom stereocenters. The molecule has 0 saturated heterocycles. The number of hydrogen-bond donors (Lipinski definition) is 0. The Kier molecular flexibility index (Phi) is 23.2. The molecular formula is C90H54Cl3F2IO12. The van der Waals surface area contributed by atoms with Gasteiger partial charge in [-0.1, -0.05) is 193 Å². The molecule has 0 spiro atoms. The van der Waals surface area contributed by atoms with Gasteiger partial charge in [0.2, 0.25) is 34.7 Å². The van der Waals surface area contributed by atoms with Crippen molar-refractivity contribution in [2.45, 2.75) is 0 Å². The summed E-state index contributed by atoms with van der Waals surface area (Å²) in [5, 5.41) is 1.89. The maximum absolute atomic E-state index is 13.0. The molecule has 18 rings (SSSR count). The minimum atomic E-state index is -0.340. The van der Waals surface area contributed by atoms with Crippen molar-refractivity contribution >= 4 is 129 Å². The van der Waals surface area contributed by atoms with Gasteiger partial charge in [0.05, 0.1) is 33.4 Å². The Balaban J connectivity index is 0.000000114. The summed E-state index contributed by atoms with van der Waals surface area (Å²) < 4.78 is 60.0. The number of ketones is 6. The van der Waals surface area contributed by atoms with Gasteiger partial charge in [-0.05, 0) is 226 Å². The topological polar surface area (TPSA) is 158 Å². The maximum atomic E-state index is 13.0. The number of para-hydroxylation sites is 6. The van der Waals surface area contributed by atoms with Crippen molar-refractivity contribution in [3.05, 3.63) is 423 Å². The number of Topliss-reactive ketones (excluding diaryl/α,β-unsaturated/α-hetero) is 6. The number of rotatable bonds is 6. The number of ether oxygens (including phenoxy) is 6. The molecule has 108 heavy (non-hydrogen) atoms. The molecule has 12 nitrogen and oxygen atoms in total. The van der Waals surface area contributed by atoms with Crippen LogP contribution in [0.15, 0.2) is 326 Å². The third-order valence-corrected chi connectivity index (χ3v) is 18.3. The Morgan fingerprint density at radius 3 is 0.898 bits per heavy atom. The van der Waals surface area contributed by atoms with Gasteiger partial charge in [0.1, 0.15) is 46.1 Å². The second-order valence-electron chi connectivity index (χ2n) is 23.9. The van der Waals surface area contributed by atoms with Crippen molar-refractivity contribution in [3.63, 3.8) is 0 Å². The lowest BCUT2D eigenvalue weighted by molar-refractivity contribution is 0.101. The number of carbonyl (C=O) groups is 6. The molecule has 12 aromatic rings. The van der Waals surface area contributed by atoms with Crippen LogP contribution >= 0.6 is 57.4 Å². The largest absolute Gasteiger partial charge is 0.452 e. The summed E-state index contributed by atoms with van der Waals surface area (Å²) in [5.74, 6) is 4.14. The van der Waals surface area contributed by atoms with Gasteiger partial charge < -0.3 is 28.4 Å². The van der Waals surface area contributed by atoms with Crippen molar-refractivity contribution in [2.75, 3.05) is 0 Å². The summed E-state index contributed by atoms with van der Waals surface area (Å²) in [5.41, 5.74) is 8.37. The fourth-order valence-electron chi connectivity index (χ4n) is 11.2. The molecule has 528 valence electrons. The van der Waals surface area contributed by atoms with Gasteiger partial charge in [-0.2, -0.15) is 0 Å². The zero-order valence-electron chi connectivity index (χ0n) is 56.3. The molecule has 0 unspecified atom stereocenters. The fraction of sp³-hybridized carbons (Fsp3) is 0. The van der Waals surface area contributed by atoms with Crippen LogP contribution in [0.4, 0.5) is 8.78 Å². The monoisotopic (exact) mass is 1600 g/mol. The van der Waals surface area contributed by atoms with Gasteiger partial charge in [-0.3, -0.25) is 28.8 Å². The van der Waals surface area contributed by atoms with Crippen LogP contribution in [0.3, 0.4) is 0 Å². The first-order valence-electron chi connectivity index (χ1n) is 33.2. The van der Waals surface area contributed by atoms with Crippen molar-refractivity contribution in [3.8, 4) is 34.5 Å². The molecule has 0 fully saturated rings. The number of halogens is 6. The Morgan fingerprint density at radius 2 is 0.546 bits per heavy atom. The van der Waals surface area contributed by atoms with Crippen molar-refractivity contribution in [2.24, 2.45) is 0 Å². The van der Waals surface area contributed by atoms with E-state index in [1.807, 2.05) is 127 Å². The van der Waals surface area contributed by atoms with Crippen LogP contribution in [0.25, 0.3) is 36.5 Å². The van der Waals surface area contributed by atoms with Crippen molar-refractivity contribution in [1.29, 1.82) is 0 Å². The zero-order chi connectivity index (χ0) is 75.2. The molecule has 0 radical (unpaired) electrons. The molecule has 6 aliphatic rings. The SMILES string of the molecule is O=C1/C(=C/c2ccc(Cl)cc2)Oc2ccccc21.O=C1/C(=C/c2ccc(F)cc2)Oc2ccccc21.O=C1/C(=C/c2cccc(Cl)c2)Oc2ccccc21.O=C1/C(=C/c2cccc(F)c2)Oc2ccccc21.O=C1/C(=C/c2ccccc2Cl)Oc2ccccc21.O=C1/C(=C/c2ccccc2I)Oc2ccccc21. The first-order chi connectivity index (χ1) is 52.5. The van der Waals surface area contributed by atoms with E-state index in [1.54, 1.807) is 176 Å². The van der Waals surface area contributed by atoms with Gasteiger partial charge in [0.25, 0.3) is 0 Å². The number of carbonyl (C=O) groups excluding carboxylic acids is 6. The third-order valence-electron chi connectivity index (χ3n) is 16.5. The van der Waals surface area contributed by atoms with Crippen LogP contribution < -0.4 is 28.4 Å². The second-order valence-corrected chi connectivity index (χ2v) is 26.3. The van der Waals surface area contributed by atoms with Gasteiger partial charge in [0, 0.05) is 18.6 Å². The zero-order valence-corrected chi connectivity index (χ0v) is 60.8. The Labute approximate surface area is 647 Å². The standard InChI is InChI=1S/3C15H9ClO2.2C15H9FO2.C15H9IO2/c16-12-7-3-1-5-10(12)9-14-15(17)11-6-2-4-8-13(11)18-14;16-11-5-3-4-10(8-11)9-14-15(17)12-6-1-2-7-13(12)18-14;16-11-7-5-10(6-8-11)9-14-15(17)12-3-1-2-4-13(12)18-14;16-11-5-3-4-10(8-11)9-14-15(17)12-6-1-2-7-13(12)18-14;16-11-7-5-10(6-8-11)9-14-15(17)12-3-1-2-4-13(12)18-14;16-12-7-3-1-5-10(12)9-14-15(17)11-6-2-4-8-13(11)18-14/h6*1-9H/b6*14-9-. The first kappa shape index (κ1) is 73.7. The van der Waals surface area contributed by atoms with Crippen LogP contribution in [0.1, 0.15) is 95.5 Å². The molecule has 0 aromatic heterocycles. The number of fused-ring (bicyclic) bond motifs is 6. The molecule has 0 saturated carbocycles. The summed E-state index contributed by atoms with van der Waals surface area (Å²) >= 11 is 20.0. The summed E-state index contributed by atoms with van der Waals surface area (Å²) in [6, 6.07) is 84.7. The summed E-state index contributed by atoms with van der Waals surface area (Å²) in [4.78, 5) is 72.3. The first-order valence-corrected chi connectivity index (χ1v) is 35.4. The van der Waals surface area contributed by atoms with Gasteiger partial charge in [-0.25, -0.2) is 8.78 Å².